The van der Waals surface area contributed by atoms with Crippen LogP contribution in [0.25, 0.3) is 11.2 Å². The summed E-state index contributed by atoms with van der Waals surface area (Å²) in [7, 11) is -3.99. The first-order valence-electron chi connectivity index (χ1n) is 12.3. The van der Waals surface area contributed by atoms with Crippen LogP contribution in [0.1, 0.15) is 24.5 Å². The second-order valence-corrected chi connectivity index (χ2v) is 13.6. The van der Waals surface area contributed by atoms with Gasteiger partial charge in [0.2, 0.25) is 5.91 Å². The highest BCUT2D eigenvalue weighted by Gasteiger charge is 2.41. The molecule has 1 aromatic carbocycles. The lowest BCUT2D eigenvalue weighted by molar-refractivity contribution is -0.125. The van der Waals surface area contributed by atoms with E-state index in [0.29, 0.717) is 26.3 Å². The SMILES string of the molecule is CCC(F)(F)c1ccc(CNC(=O)[C@H]2CN(c3cnc4cncnc4n3)CCN2S(=O)(=O)c2ccc(Br)s2)cc1. The molecule has 10 nitrogen and oxygen atoms in total. The fourth-order valence-electron chi connectivity index (χ4n) is 4.32. The Labute approximate surface area is 241 Å². The number of aromatic nitrogens is 4. The third-order valence-electron chi connectivity index (χ3n) is 6.57. The Balaban J connectivity index is 1.39. The number of hydrogen-bond donors (Lipinski definition) is 1. The zero-order valence-electron chi connectivity index (χ0n) is 21.2. The molecule has 4 heterocycles. The minimum Gasteiger partial charge on any atom is -0.352 e. The first kappa shape index (κ1) is 28.4. The molecule has 40 heavy (non-hydrogen) atoms. The highest BCUT2D eigenvalue weighted by Crippen LogP contribution is 2.32. The number of nitrogens with zero attached hydrogens (tertiary/aromatic N) is 6. The van der Waals surface area contributed by atoms with Crippen LogP contribution in [0.3, 0.4) is 0 Å². The number of rotatable bonds is 8. The molecule has 0 spiro atoms. The number of sulfonamides is 1. The number of carbonyl (C=O) groups is 1. The topological polar surface area (TPSA) is 121 Å². The van der Waals surface area contributed by atoms with Crippen LogP contribution >= 0.6 is 27.3 Å². The van der Waals surface area contributed by atoms with Gasteiger partial charge in [0.1, 0.15) is 27.9 Å². The first-order chi connectivity index (χ1) is 19.1. The van der Waals surface area contributed by atoms with Crippen molar-refractivity contribution in [1.82, 2.24) is 29.6 Å². The van der Waals surface area contributed by atoms with Gasteiger partial charge in [-0.3, -0.25) is 4.79 Å². The van der Waals surface area contributed by atoms with Crippen molar-refractivity contribution in [2.45, 2.75) is 36.1 Å². The molecule has 1 N–H and O–H groups in total. The van der Waals surface area contributed by atoms with Crippen LogP contribution in [0.5, 0.6) is 0 Å². The van der Waals surface area contributed by atoms with Crippen molar-refractivity contribution in [2.24, 2.45) is 0 Å². The fourth-order valence-corrected chi connectivity index (χ4v) is 8.02. The highest BCUT2D eigenvalue weighted by molar-refractivity contribution is 9.11. The Bertz CT molecular complexity index is 1640. The lowest BCUT2D eigenvalue weighted by atomic mass is 10.0. The van der Waals surface area contributed by atoms with E-state index in [0.717, 1.165) is 11.3 Å². The van der Waals surface area contributed by atoms with Gasteiger partial charge in [-0.15, -0.1) is 11.3 Å². The average Bonchev–Trinajstić information content (AvgIpc) is 3.42. The number of carbonyl (C=O) groups excluding carboxylic acids is 1. The van der Waals surface area contributed by atoms with Gasteiger partial charge in [-0.1, -0.05) is 31.2 Å². The Kier molecular flexibility index (Phi) is 8.08. The molecular formula is C25H24BrF2N7O3S2. The minimum absolute atomic E-state index is 0.0184. The molecule has 1 amide bonds. The standard InChI is InChI=1S/C25H24BrF2N7O3S2/c1-2-25(27,28)17-5-3-16(4-6-17)11-31-24(36)19-14-34(21-13-30-18-12-29-15-32-23(18)33-21)9-10-35(19)40(37,38)22-8-7-20(26)39-22/h3-8,12-13,15,19H,2,9-11,14H2,1H3,(H,31,36)/t19-/m1/s1. The molecule has 1 fully saturated rings. The highest BCUT2D eigenvalue weighted by atomic mass is 79.9. The normalized spacial score (nSPS) is 16.8. The molecule has 5 rings (SSSR count). The zero-order chi connectivity index (χ0) is 28.5. The van der Waals surface area contributed by atoms with E-state index < -0.39 is 27.9 Å². The van der Waals surface area contributed by atoms with E-state index in [1.807, 2.05) is 0 Å². The van der Waals surface area contributed by atoms with Crippen molar-refractivity contribution in [2.75, 3.05) is 24.5 Å². The summed E-state index contributed by atoms with van der Waals surface area (Å²) in [6.45, 7) is 1.77. The molecular weight excluding hydrogens is 628 g/mol. The number of alkyl halides is 2. The number of piperazine rings is 1. The van der Waals surface area contributed by atoms with Gasteiger partial charge in [0.05, 0.1) is 16.2 Å². The molecule has 15 heteroatoms. The van der Waals surface area contributed by atoms with Crippen molar-refractivity contribution in [3.63, 3.8) is 0 Å². The summed E-state index contributed by atoms with van der Waals surface area (Å²) in [5, 5.41) is 2.78. The largest absolute Gasteiger partial charge is 0.352 e. The molecule has 1 saturated heterocycles. The third kappa shape index (κ3) is 5.82. The summed E-state index contributed by atoms with van der Waals surface area (Å²) in [4.78, 5) is 32.2. The monoisotopic (exact) mass is 651 g/mol. The van der Waals surface area contributed by atoms with Gasteiger partial charge in [-0.25, -0.2) is 37.1 Å². The maximum absolute atomic E-state index is 14.0. The summed E-state index contributed by atoms with van der Waals surface area (Å²) in [6, 6.07) is 7.76. The number of hydrogen-bond acceptors (Lipinski definition) is 9. The molecule has 0 unspecified atom stereocenters. The Morgan fingerprint density at radius 3 is 2.62 bits per heavy atom. The van der Waals surface area contributed by atoms with E-state index in [1.165, 1.54) is 60.3 Å². The van der Waals surface area contributed by atoms with E-state index in [4.69, 9.17) is 0 Å². The van der Waals surface area contributed by atoms with Gasteiger partial charge in [0.25, 0.3) is 15.9 Å². The van der Waals surface area contributed by atoms with E-state index in [2.05, 4.69) is 41.2 Å². The molecule has 0 saturated carbocycles. The van der Waals surface area contributed by atoms with Crippen molar-refractivity contribution in [3.8, 4) is 0 Å². The number of halogens is 3. The number of fused-ring (bicyclic) bond motifs is 1. The quantitative estimate of drug-likeness (QED) is 0.304. The predicted molar refractivity (Wildman–Crippen MR) is 150 cm³/mol. The van der Waals surface area contributed by atoms with E-state index in [1.54, 1.807) is 11.0 Å². The second-order valence-electron chi connectivity index (χ2n) is 9.07. The summed E-state index contributed by atoms with van der Waals surface area (Å²) in [5.74, 6) is -3.01. The lowest BCUT2D eigenvalue weighted by Crippen LogP contribution is -2.60. The van der Waals surface area contributed by atoms with Gasteiger partial charge < -0.3 is 10.2 Å². The van der Waals surface area contributed by atoms with Crippen LogP contribution in [-0.4, -0.2) is 64.2 Å². The van der Waals surface area contributed by atoms with Gasteiger partial charge in [0, 0.05) is 38.2 Å². The fraction of sp³-hybridized carbons (Fsp3) is 0.320. The Morgan fingerprint density at radius 2 is 1.93 bits per heavy atom. The number of thiophene rings is 1. The van der Waals surface area contributed by atoms with Gasteiger partial charge in [-0.05, 0) is 33.6 Å². The maximum atomic E-state index is 14.0. The van der Waals surface area contributed by atoms with E-state index >= 15 is 0 Å². The molecule has 0 aliphatic carbocycles. The predicted octanol–water partition coefficient (Wildman–Crippen LogP) is 3.94. The Morgan fingerprint density at radius 1 is 1.15 bits per heavy atom. The van der Waals surface area contributed by atoms with Gasteiger partial charge >= 0.3 is 0 Å². The number of benzene rings is 1. The molecule has 4 aromatic rings. The zero-order valence-corrected chi connectivity index (χ0v) is 24.4. The smallest absolute Gasteiger partial charge is 0.273 e. The molecule has 3 aromatic heterocycles. The van der Waals surface area contributed by atoms with Crippen LogP contribution in [0.15, 0.2) is 63.1 Å². The second kappa shape index (κ2) is 11.4. The minimum atomic E-state index is -3.99. The van der Waals surface area contributed by atoms with Crippen molar-refractivity contribution >= 4 is 60.2 Å². The van der Waals surface area contributed by atoms with Crippen LogP contribution in [0, 0.1) is 0 Å². The van der Waals surface area contributed by atoms with Crippen molar-refractivity contribution in [3.05, 3.63) is 70.0 Å². The number of nitrogens with one attached hydrogen (secondary N) is 1. The molecule has 0 radical (unpaired) electrons. The van der Waals surface area contributed by atoms with Crippen LogP contribution in [-0.2, 0) is 27.3 Å². The number of amides is 1. The maximum Gasteiger partial charge on any atom is 0.273 e. The summed E-state index contributed by atoms with van der Waals surface area (Å²) in [5.41, 5.74) is 1.39. The molecule has 0 bridgehead atoms. The van der Waals surface area contributed by atoms with Crippen LogP contribution < -0.4 is 10.2 Å². The summed E-state index contributed by atoms with van der Waals surface area (Å²) >= 11 is 4.36. The van der Waals surface area contributed by atoms with Gasteiger partial charge in [-0.2, -0.15) is 4.31 Å². The molecule has 1 atom stereocenters. The third-order valence-corrected chi connectivity index (χ3v) is 10.6. The van der Waals surface area contributed by atoms with Crippen molar-refractivity contribution in [1.29, 1.82) is 0 Å². The first-order valence-corrected chi connectivity index (χ1v) is 15.3. The average molecular weight is 653 g/mol. The van der Waals surface area contributed by atoms with Crippen LogP contribution in [0.2, 0.25) is 0 Å². The van der Waals surface area contributed by atoms with E-state index in [9.17, 15) is 22.0 Å². The van der Waals surface area contributed by atoms with E-state index in [-0.39, 0.29) is 42.4 Å². The molecule has 1 aliphatic heterocycles. The summed E-state index contributed by atoms with van der Waals surface area (Å²) < 4.78 is 57.0. The van der Waals surface area contributed by atoms with Gasteiger partial charge in [0.15, 0.2) is 5.65 Å². The number of anilines is 1. The molecule has 210 valence electrons. The Hall–Kier alpha value is -3.14. The van der Waals surface area contributed by atoms with Crippen molar-refractivity contribution < 1.29 is 22.0 Å². The van der Waals surface area contributed by atoms with Crippen LogP contribution in [0.4, 0.5) is 14.6 Å². The molecule has 1 aliphatic rings. The summed E-state index contributed by atoms with van der Waals surface area (Å²) in [6.07, 6.45) is 4.11. The lowest BCUT2D eigenvalue weighted by Gasteiger charge is -2.39.